The van der Waals surface area contributed by atoms with Crippen LogP contribution in [0.1, 0.15) is 19.6 Å². The van der Waals surface area contributed by atoms with Gasteiger partial charge in [0.2, 0.25) is 0 Å². The third-order valence-electron chi connectivity index (χ3n) is 1.87. The van der Waals surface area contributed by atoms with Crippen LogP contribution < -0.4 is 5.32 Å². The molecular weight excluding hydrogens is 196 g/mol. The maximum Gasteiger partial charge on any atom is 0.433 e. The van der Waals surface area contributed by atoms with Gasteiger partial charge >= 0.3 is 5.88 Å². The van der Waals surface area contributed by atoms with Gasteiger partial charge in [-0.25, -0.2) is 0 Å². The van der Waals surface area contributed by atoms with E-state index < -0.39 is 4.92 Å². The van der Waals surface area contributed by atoms with Crippen molar-refractivity contribution in [3.63, 3.8) is 0 Å². The number of hydrogen-bond donors (Lipinski definition) is 1. The molecule has 0 amide bonds. The molecule has 1 unspecified atom stereocenters. The standard InChI is InChI=1S/C10H14N2O3/c1-3-11-8(2)4-5-9-6-7-10(15-9)12(13)14/h4-8,11H,3H2,1-2H3/b5-4+. The first kappa shape index (κ1) is 11.5. The van der Waals surface area contributed by atoms with E-state index in [9.17, 15) is 10.1 Å². The first-order chi connectivity index (χ1) is 7.13. The number of nitro groups is 1. The number of furan rings is 1. The van der Waals surface area contributed by atoms with Gasteiger partial charge in [-0.1, -0.05) is 13.0 Å². The molecule has 0 saturated carbocycles. The Kier molecular flexibility index (Phi) is 4.05. The summed E-state index contributed by atoms with van der Waals surface area (Å²) in [6.45, 7) is 4.89. The van der Waals surface area contributed by atoms with Crippen LogP contribution in [0.15, 0.2) is 22.6 Å². The average Bonchev–Trinajstić information content (AvgIpc) is 2.63. The smallest absolute Gasteiger partial charge is 0.401 e. The van der Waals surface area contributed by atoms with Crippen LogP contribution in [0.25, 0.3) is 6.08 Å². The zero-order valence-corrected chi connectivity index (χ0v) is 8.77. The van der Waals surface area contributed by atoms with Gasteiger partial charge in [0.1, 0.15) is 10.7 Å². The Labute approximate surface area is 87.9 Å². The van der Waals surface area contributed by atoms with Crippen molar-refractivity contribution < 1.29 is 9.34 Å². The molecule has 0 aliphatic rings. The molecular formula is C10H14N2O3. The minimum atomic E-state index is -0.551. The number of rotatable bonds is 5. The van der Waals surface area contributed by atoms with Crippen molar-refractivity contribution in [3.05, 3.63) is 34.1 Å². The maximum atomic E-state index is 10.3. The topological polar surface area (TPSA) is 68.3 Å². The molecule has 82 valence electrons. The van der Waals surface area contributed by atoms with E-state index in [4.69, 9.17) is 4.42 Å². The SMILES string of the molecule is CCNC(C)/C=C/c1ccc([N+](=O)[O-])o1. The number of nitrogens with one attached hydrogen (secondary N) is 1. The van der Waals surface area contributed by atoms with Crippen LogP contribution in [0.5, 0.6) is 0 Å². The van der Waals surface area contributed by atoms with E-state index in [1.807, 2.05) is 19.9 Å². The molecule has 1 N–H and O–H groups in total. The van der Waals surface area contributed by atoms with Gasteiger partial charge in [0.05, 0.1) is 6.07 Å². The molecule has 0 saturated heterocycles. The first-order valence-electron chi connectivity index (χ1n) is 4.79. The van der Waals surface area contributed by atoms with E-state index in [0.29, 0.717) is 5.76 Å². The predicted molar refractivity (Wildman–Crippen MR) is 57.5 cm³/mol. The zero-order valence-electron chi connectivity index (χ0n) is 8.77. The second kappa shape index (κ2) is 5.31. The molecule has 1 rings (SSSR count). The highest BCUT2D eigenvalue weighted by Gasteiger charge is 2.09. The van der Waals surface area contributed by atoms with Gasteiger partial charge in [0.15, 0.2) is 0 Å². The molecule has 0 fully saturated rings. The van der Waals surface area contributed by atoms with Gasteiger partial charge in [-0.15, -0.1) is 0 Å². The minimum Gasteiger partial charge on any atom is -0.401 e. The monoisotopic (exact) mass is 210 g/mol. The molecule has 1 aromatic heterocycles. The minimum absolute atomic E-state index is 0.221. The highest BCUT2D eigenvalue weighted by molar-refractivity contribution is 5.45. The van der Waals surface area contributed by atoms with Crippen molar-refractivity contribution in [2.45, 2.75) is 19.9 Å². The normalized spacial score (nSPS) is 13.2. The summed E-state index contributed by atoms with van der Waals surface area (Å²) >= 11 is 0. The summed E-state index contributed by atoms with van der Waals surface area (Å²) in [4.78, 5) is 9.78. The number of likely N-dealkylation sites (N-methyl/N-ethyl adjacent to an activating group) is 1. The highest BCUT2D eigenvalue weighted by atomic mass is 16.6. The van der Waals surface area contributed by atoms with E-state index in [-0.39, 0.29) is 11.9 Å². The van der Waals surface area contributed by atoms with Crippen molar-refractivity contribution in [1.82, 2.24) is 5.32 Å². The van der Waals surface area contributed by atoms with E-state index in [2.05, 4.69) is 5.32 Å². The fourth-order valence-corrected chi connectivity index (χ4v) is 1.16. The third kappa shape index (κ3) is 3.55. The molecule has 0 spiro atoms. The van der Waals surface area contributed by atoms with E-state index in [1.54, 1.807) is 12.1 Å². The summed E-state index contributed by atoms with van der Waals surface area (Å²) < 4.78 is 4.96. The van der Waals surface area contributed by atoms with Crippen LogP contribution in [0.4, 0.5) is 5.88 Å². The summed E-state index contributed by atoms with van der Waals surface area (Å²) in [5, 5.41) is 13.5. The summed E-state index contributed by atoms with van der Waals surface area (Å²) in [5.41, 5.74) is 0. The lowest BCUT2D eigenvalue weighted by atomic mass is 10.3. The summed E-state index contributed by atoms with van der Waals surface area (Å²) in [6.07, 6.45) is 3.62. The second-order valence-corrected chi connectivity index (χ2v) is 3.14. The molecule has 1 aromatic rings. The molecule has 15 heavy (non-hydrogen) atoms. The van der Waals surface area contributed by atoms with Gasteiger partial charge in [-0.05, 0) is 25.6 Å². The summed E-state index contributed by atoms with van der Waals surface area (Å²) in [5.74, 6) is 0.261. The second-order valence-electron chi connectivity index (χ2n) is 3.14. The van der Waals surface area contributed by atoms with Crippen LogP contribution in [0, 0.1) is 10.1 Å². The van der Waals surface area contributed by atoms with Crippen LogP contribution in [-0.2, 0) is 0 Å². The van der Waals surface area contributed by atoms with Crippen molar-refractivity contribution in [3.8, 4) is 0 Å². The average molecular weight is 210 g/mol. The molecule has 0 bridgehead atoms. The van der Waals surface area contributed by atoms with E-state index >= 15 is 0 Å². The van der Waals surface area contributed by atoms with Gasteiger partial charge in [0, 0.05) is 6.04 Å². The Bertz CT molecular complexity index is 357. The van der Waals surface area contributed by atoms with Crippen LogP contribution in [0.2, 0.25) is 0 Å². The maximum absolute atomic E-state index is 10.3. The molecule has 0 aliphatic carbocycles. The largest absolute Gasteiger partial charge is 0.433 e. The van der Waals surface area contributed by atoms with E-state index in [1.165, 1.54) is 6.07 Å². The molecule has 1 heterocycles. The zero-order chi connectivity index (χ0) is 11.3. The Morgan fingerprint density at radius 3 is 2.93 bits per heavy atom. The van der Waals surface area contributed by atoms with Gasteiger partial charge in [0.25, 0.3) is 0 Å². The molecule has 0 aliphatic heterocycles. The molecule has 5 heteroatoms. The van der Waals surface area contributed by atoms with Crippen molar-refractivity contribution in [2.75, 3.05) is 6.54 Å². The molecule has 0 aromatic carbocycles. The summed E-state index contributed by atoms with van der Waals surface area (Å²) in [6, 6.07) is 3.14. The third-order valence-corrected chi connectivity index (χ3v) is 1.87. The number of nitrogens with zero attached hydrogens (tertiary/aromatic N) is 1. The number of hydrogen-bond acceptors (Lipinski definition) is 4. The molecule has 1 atom stereocenters. The Balaban J connectivity index is 2.60. The fraction of sp³-hybridized carbons (Fsp3) is 0.400. The van der Waals surface area contributed by atoms with E-state index in [0.717, 1.165) is 6.54 Å². The van der Waals surface area contributed by atoms with Gasteiger partial charge in [-0.2, -0.15) is 0 Å². The van der Waals surface area contributed by atoms with Gasteiger partial charge in [-0.3, -0.25) is 10.1 Å². The van der Waals surface area contributed by atoms with Crippen LogP contribution >= 0.6 is 0 Å². The lowest BCUT2D eigenvalue weighted by molar-refractivity contribution is -0.402. The van der Waals surface area contributed by atoms with Crippen molar-refractivity contribution in [2.24, 2.45) is 0 Å². The Hall–Kier alpha value is -1.62. The molecule has 5 nitrogen and oxygen atoms in total. The predicted octanol–water partition coefficient (Wildman–Crippen LogP) is 2.20. The first-order valence-corrected chi connectivity index (χ1v) is 4.79. The highest BCUT2D eigenvalue weighted by Crippen LogP contribution is 2.16. The lowest BCUT2D eigenvalue weighted by Gasteiger charge is -2.04. The van der Waals surface area contributed by atoms with Gasteiger partial charge < -0.3 is 9.73 Å². The molecule has 0 radical (unpaired) electrons. The summed E-state index contributed by atoms with van der Waals surface area (Å²) in [7, 11) is 0. The lowest BCUT2D eigenvalue weighted by Crippen LogP contribution is -2.22. The van der Waals surface area contributed by atoms with Crippen LogP contribution in [0.3, 0.4) is 0 Å². The quantitative estimate of drug-likeness (QED) is 0.597. The Morgan fingerprint density at radius 2 is 2.40 bits per heavy atom. The van der Waals surface area contributed by atoms with Crippen LogP contribution in [-0.4, -0.2) is 17.5 Å². The van der Waals surface area contributed by atoms with Crippen molar-refractivity contribution >= 4 is 12.0 Å². The Morgan fingerprint density at radius 1 is 1.67 bits per heavy atom. The van der Waals surface area contributed by atoms with Crippen molar-refractivity contribution in [1.29, 1.82) is 0 Å². The fourth-order valence-electron chi connectivity index (χ4n) is 1.16.